The maximum Gasteiger partial charge on any atom is 0.407 e. The van der Waals surface area contributed by atoms with Gasteiger partial charge in [-0.2, -0.15) is 0 Å². The Hall–Kier alpha value is -6.16. The van der Waals surface area contributed by atoms with Crippen molar-refractivity contribution in [2.45, 2.75) is 58.9 Å². The van der Waals surface area contributed by atoms with Gasteiger partial charge in [0.15, 0.2) is 0 Å². The number of nitrogens with one attached hydrogen (secondary N) is 4. The predicted molar refractivity (Wildman–Crippen MR) is 256 cm³/mol. The normalized spacial score (nSPS) is 13.5. The topological polar surface area (TPSA) is 165 Å². The van der Waals surface area contributed by atoms with E-state index in [4.69, 9.17) is 0 Å². The zero-order valence-electron chi connectivity index (χ0n) is 36.7. The van der Waals surface area contributed by atoms with Crippen LogP contribution in [0.15, 0.2) is 102 Å². The Balaban J connectivity index is 0.000000182. The van der Waals surface area contributed by atoms with Crippen molar-refractivity contribution in [3.63, 3.8) is 0 Å². The summed E-state index contributed by atoms with van der Waals surface area (Å²) in [6.45, 7) is 9.92. The molecule has 6 heterocycles. The highest BCUT2D eigenvalue weighted by molar-refractivity contribution is 7.27. The summed E-state index contributed by atoms with van der Waals surface area (Å²) in [6.07, 6.45) is 11.5. The summed E-state index contributed by atoms with van der Waals surface area (Å²) >= 11 is 3.63. The van der Waals surface area contributed by atoms with E-state index in [-0.39, 0.29) is 18.4 Å². The standard InChI is InChI=1S/C22H14N4S2.C14H18N2O2.C5H11N.C4H7NO3.C3H8/c1-3-14(20-8-23-11-24-20)4-2-13(1)16-9-27-22-17(10-28-21(16)22)15-5-6-18-19(7-15)26-12-25-18;1-11(17)15-13(12-7-3-2-4-8-12)14(18)16-9-5-6-10-16;1-6-4-2-3-5-6;1-8-4(7)5-2-3-6;1-3-2/h1-12H,(H,23,24)(H,25,26);2-4,7-8,13H,5-6,9-10H2,1H3,(H,15,17);2-5H2,1H3;3H,2H2,1H3,(H,5,7);3H2,1-2H3. The van der Waals surface area contributed by atoms with Gasteiger partial charge in [0, 0.05) is 41.9 Å². The number of imidazole rings is 2. The SMILES string of the molecule is CC(=O)NC(C(=O)N1CCCC1)c1ccccc1.CCC.CN1CCCC1.COC(=O)NCC=O.c1ncc(-c2ccc(-c3csc4c(-c5ccc6nc[nH]c6c5)csc34)cc2)[nH]1. The summed E-state index contributed by atoms with van der Waals surface area (Å²) < 4.78 is 6.83. The first kappa shape index (κ1) is 47.9. The summed E-state index contributed by atoms with van der Waals surface area (Å²) in [4.78, 5) is 62.3. The first-order valence-corrected chi connectivity index (χ1v) is 23.0. The van der Waals surface area contributed by atoms with Crippen molar-refractivity contribution in [1.82, 2.24) is 40.4 Å². The number of rotatable bonds is 8. The molecule has 2 saturated heterocycles. The highest BCUT2D eigenvalue weighted by Gasteiger charge is 2.28. The number of hydrogen-bond acceptors (Lipinski definition) is 10. The van der Waals surface area contributed by atoms with Crippen LogP contribution in [0.4, 0.5) is 4.79 Å². The van der Waals surface area contributed by atoms with Crippen LogP contribution in [0.3, 0.4) is 0 Å². The number of carbonyl (C=O) groups is 4. The Bertz CT molecular complexity index is 2450. The lowest BCUT2D eigenvalue weighted by molar-refractivity contribution is -0.135. The van der Waals surface area contributed by atoms with E-state index in [2.05, 4.69) is 114 Å². The van der Waals surface area contributed by atoms with Gasteiger partial charge < -0.3 is 39.9 Å². The summed E-state index contributed by atoms with van der Waals surface area (Å²) in [5, 5.41) is 9.43. The molecule has 0 radical (unpaired) electrons. The van der Waals surface area contributed by atoms with E-state index in [0.29, 0.717) is 6.29 Å². The van der Waals surface area contributed by atoms with E-state index in [1.807, 2.05) is 64.1 Å². The minimum absolute atomic E-state index is 0.00565. The maximum absolute atomic E-state index is 12.4. The summed E-state index contributed by atoms with van der Waals surface area (Å²) in [7, 11) is 3.41. The molecule has 4 aromatic heterocycles. The maximum atomic E-state index is 12.4. The van der Waals surface area contributed by atoms with Crippen molar-refractivity contribution in [1.29, 1.82) is 0 Å². The average molecular weight is 891 g/mol. The quantitative estimate of drug-likeness (QED) is 0.110. The molecule has 3 aromatic carbocycles. The number of likely N-dealkylation sites (tertiary alicyclic amines) is 2. The molecule has 0 bridgehead atoms. The Morgan fingerprint density at radius 1 is 0.825 bits per heavy atom. The fraction of sp³-hybridized carbons (Fsp3) is 0.333. The molecule has 4 N–H and O–H groups in total. The molecule has 0 spiro atoms. The molecule has 1 unspecified atom stereocenters. The monoisotopic (exact) mass is 890 g/mol. The Morgan fingerprint density at radius 3 is 1.98 bits per heavy atom. The minimum Gasteiger partial charge on any atom is -0.453 e. The van der Waals surface area contributed by atoms with Gasteiger partial charge in [0.05, 0.1) is 58.6 Å². The number of nitrogens with zero attached hydrogens (tertiary/aromatic N) is 4. The Morgan fingerprint density at radius 2 is 1.43 bits per heavy atom. The first-order chi connectivity index (χ1) is 30.7. The van der Waals surface area contributed by atoms with Crippen molar-refractivity contribution < 1.29 is 23.9 Å². The summed E-state index contributed by atoms with van der Waals surface area (Å²) in [6, 6.07) is 23.9. The van der Waals surface area contributed by atoms with Crippen LogP contribution >= 0.6 is 22.7 Å². The van der Waals surface area contributed by atoms with E-state index in [1.54, 1.807) is 12.7 Å². The van der Waals surface area contributed by atoms with Crippen LogP contribution in [0.25, 0.3) is 53.9 Å². The van der Waals surface area contributed by atoms with Gasteiger partial charge in [0.2, 0.25) is 11.8 Å². The second-order valence-electron chi connectivity index (χ2n) is 15.0. The fourth-order valence-corrected chi connectivity index (χ4v) is 9.35. The number of alkyl carbamates (subject to hydrolysis) is 1. The summed E-state index contributed by atoms with van der Waals surface area (Å²) in [5.74, 6) is -0.190. The molecule has 15 heteroatoms. The van der Waals surface area contributed by atoms with Crippen molar-refractivity contribution in [2.24, 2.45) is 0 Å². The zero-order chi connectivity index (χ0) is 45.0. The molecule has 0 aliphatic carbocycles. The highest BCUT2D eigenvalue weighted by atomic mass is 32.1. The number of methoxy groups -OCH3 is 1. The van der Waals surface area contributed by atoms with E-state index >= 15 is 0 Å². The second-order valence-corrected chi connectivity index (χ2v) is 16.7. The van der Waals surface area contributed by atoms with Gasteiger partial charge in [0.25, 0.3) is 0 Å². The highest BCUT2D eigenvalue weighted by Crippen LogP contribution is 2.44. The molecule has 63 heavy (non-hydrogen) atoms. The van der Waals surface area contributed by atoms with Gasteiger partial charge in [-0.25, -0.2) is 14.8 Å². The van der Waals surface area contributed by atoms with E-state index in [0.717, 1.165) is 53.8 Å². The number of hydrogen-bond donors (Lipinski definition) is 4. The fourth-order valence-electron chi connectivity index (χ4n) is 6.89. The van der Waals surface area contributed by atoms with E-state index in [1.165, 1.54) is 78.0 Å². The number of aromatic nitrogens is 4. The smallest absolute Gasteiger partial charge is 0.407 e. The molecule has 13 nitrogen and oxygen atoms in total. The second kappa shape index (κ2) is 25.1. The van der Waals surface area contributed by atoms with Crippen LogP contribution < -0.4 is 10.6 Å². The Labute approximate surface area is 377 Å². The van der Waals surface area contributed by atoms with Gasteiger partial charge in [0.1, 0.15) is 12.3 Å². The number of thiophene rings is 2. The van der Waals surface area contributed by atoms with Crippen molar-refractivity contribution in [3.05, 3.63) is 108 Å². The molecule has 9 rings (SSSR count). The molecule has 7 aromatic rings. The van der Waals surface area contributed by atoms with Gasteiger partial charge >= 0.3 is 6.09 Å². The Kier molecular flexibility index (Phi) is 19.1. The minimum atomic E-state index is -0.586. The lowest BCUT2D eigenvalue weighted by atomic mass is 10.0. The number of carbonyl (C=O) groups excluding carboxylic acids is 4. The lowest BCUT2D eigenvalue weighted by Crippen LogP contribution is -2.41. The van der Waals surface area contributed by atoms with Crippen LogP contribution in [0, 0.1) is 0 Å². The lowest BCUT2D eigenvalue weighted by Gasteiger charge is -2.23. The zero-order valence-corrected chi connectivity index (χ0v) is 38.3. The van der Waals surface area contributed by atoms with Crippen LogP contribution in [0.5, 0.6) is 0 Å². The van der Waals surface area contributed by atoms with E-state index in [9.17, 15) is 19.2 Å². The molecule has 332 valence electrons. The molecule has 0 saturated carbocycles. The molecule has 2 fully saturated rings. The molecule has 3 amide bonds. The third-order valence-electron chi connectivity index (χ3n) is 10.0. The van der Waals surface area contributed by atoms with Crippen LogP contribution in [0.2, 0.25) is 0 Å². The van der Waals surface area contributed by atoms with Crippen LogP contribution in [-0.2, 0) is 19.1 Å². The first-order valence-electron chi connectivity index (χ1n) is 21.2. The number of aldehydes is 1. The van der Waals surface area contributed by atoms with Crippen LogP contribution in [0.1, 0.15) is 64.5 Å². The molecule has 2 aliphatic heterocycles. The van der Waals surface area contributed by atoms with Gasteiger partial charge in [-0.3, -0.25) is 9.59 Å². The van der Waals surface area contributed by atoms with Crippen molar-refractivity contribution >= 4 is 67.3 Å². The number of H-pyrrole nitrogens is 2. The average Bonchev–Trinajstić information content (AvgIpc) is 4.16. The van der Waals surface area contributed by atoms with Gasteiger partial charge in [-0.15, -0.1) is 22.7 Å². The van der Waals surface area contributed by atoms with Crippen LogP contribution in [-0.4, -0.2) is 101 Å². The third kappa shape index (κ3) is 13.9. The largest absolute Gasteiger partial charge is 0.453 e. The third-order valence-corrected chi connectivity index (χ3v) is 12.2. The number of fused-ring (bicyclic) bond motifs is 2. The summed E-state index contributed by atoms with van der Waals surface area (Å²) in [5.41, 5.74) is 10.2. The molecule has 2 aliphatic rings. The van der Waals surface area contributed by atoms with Gasteiger partial charge in [-0.05, 0) is 80.2 Å². The van der Waals surface area contributed by atoms with Crippen molar-refractivity contribution in [3.8, 4) is 33.5 Å². The van der Waals surface area contributed by atoms with E-state index < -0.39 is 12.1 Å². The molecular weight excluding hydrogens is 833 g/mol. The van der Waals surface area contributed by atoms with Gasteiger partial charge in [-0.1, -0.05) is 80.9 Å². The number of ether oxygens (including phenoxy) is 1. The number of amides is 3. The number of aromatic amines is 2. The number of benzene rings is 3. The predicted octanol–water partition coefficient (Wildman–Crippen LogP) is 9.72. The van der Waals surface area contributed by atoms with Crippen molar-refractivity contribution in [2.75, 3.05) is 46.9 Å². The molecular formula is C48H58N8O5S2. The molecule has 1 atom stereocenters.